The first-order valence-corrected chi connectivity index (χ1v) is 29.7. The van der Waals surface area contributed by atoms with Crippen molar-refractivity contribution in [2.24, 2.45) is 11.3 Å². The molecular weight excluding hydrogens is 1100 g/mol. The molecule has 4 atom stereocenters. The van der Waals surface area contributed by atoms with Gasteiger partial charge < -0.3 is 55.4 Å². The first kappa shape index (κ1) is 68.5. The average Bonchev–Trinajstić information content (AvgIpc) is 2.77. The molecular formula is C64H86N8O14. The summed E-state index contributed by atoms with van der Waals surface area (Å²) >= 11 is 0. The highest BCUT2D eigenvalue weighted by Crippen LogP contribution is 2.26. The third-order valence-electron chi connectivity index (χ3n) is 14.9. The number of esters is 2. The van der Waals surface area contributed by atoms with E-state index < -0.39 is 95.2 Å². The Hall–Kier alpha value is -8.27. The van der Waals surface area contributed by atoms with Crippen molar-refractivity contribution in [3.63, 3.8) is 0 Å². The highest BCUT2D eigenvalue weighted by atomic mass is 16.5. The van der Waals surface area contributed by atoms with Crippen LogP contribution < -0.4 is 21.3 Å². The van der Waals surface area contributed by atoms with Gasteiger partial charge in [-0.1, -0.05) is 87.9 Å². The van der Waals surface area contributed by atoms with E-state index in [-0.39, 0.29) is 82.5 Å². The summed E-state index contributed by atoms with van der Waals surface area (Å²) in [5.74, 6) is -7.03. The molecule has 1 saturated heterocycles. The fourth-order valence-electron chi connectivity index (χ4n) is 9.99. The molecule has 5 rings (SSSR count). The number of piperidine rings is 1. The number of cyclic esters (lactones) is 2. The number of anilines is 1. The molecule has 3 aromatic rings. The topological polar surface area (TPSA) is 288 Å². The lowest BCUT2D eigenvalue weighted by atomic mass is 9.87. The number of hydrogen-bond donors (Lipinski definition) is 5. The predicted molar refractivity (Wildman–Crippen MR) is 320 cm³/mol. The van der Waals surface area contributed by atoms with Gasteiger partial charge in [0.15, 0.2) is 0 Å². The number of amides is 8. The standard InChI is InChI=1S/C64H86N8O14/c1-8-33-71-40-54(76)70(7)51(37-43(2)3)61(82)69(6)34-17-11-9-10-15-25-55(77)86-42-64(4,5)57(78)62(83)72-35-18-16-24-50(72)63(84)85-41-45-20-19-23-48(38-45)66-52(74)30-31-53(75)68-56(46-21-13-12-14-22-46)59(80)67-49(60(71)81)39-44-26-28-47(29-27-44)58(79)65-32-36-73/h12-15,19-23,25-29,38,43,49-51,56,73H,8-11,16-18,24,30-37,39-42H2,1-7H3,(H,65,79)(H,66,74)(H,67,80)(H,68,75)/b25-15+/t49-,50-,51-,56-/m0/s1. The summed E-state index contributed by atoms with van der Waals surface area (Å²) in [4.78, 5) is 157. The third kappa shape index (κ3) is 21.1. The third-order valence-corrected chi connectivity index (χ3v) is 14.9. The van der Waals surface area contributed by atoms with Crippen molar-refractivity contribution in [1.29, 1.82) is 0 Å². The van der Waals surface area contributed by atoms with E-state index in [1.54, 1.807) is 84.8 Å². The molecule has 3 aromatic carbocycles. The Morgan fingerprint density at radius 3 is 2.21 bits per heavy atom. The Labute approximate surface area is 504 Å². The molecule has 5 N–H and O–H groups in total. The van der Waals surface area contributed by atoms with Gasteiger partial charge in [0.1, 0.15) is 37.4 Å². The second-order valence-electron chi connectivity index (χ2n) is 23.0. The molecule has 0 aliphatic carbocycles. The first-order valence-electron chi connectivity index (χ1n) is 29.7. The molecule has 0 spiro atoms. The van der Waals surface area contributed by atoms with Crippen LogP contribution in [0.5, 0.6) is 0 Å². The van der Waals surface area contributed by atoms with E-state index in [2.05, 4.69) is 21.3 Å². The lowest BCUT2D eigenvalue weighted by molar-refractivity contribution is -0.162. The molecule has 0 unspecified atom stereocenters. The van der Waals surface area contributed by atoms with Gasteiger partial charge in [-0.25, -0.2) is 9.59 Å². The molecule has 22 nitrogen and oxygen atoms in total. The van der Waals surface area contributed by atoms with Crippen LogP contribution in [-0.2, 0) is 70.4 Å². The zero-order chi connectivity index (χ0) is 62.9. The number of hydrogen-bond acceptors (Lipinski definition) is 14. The number of ketones is 1. The van der Waals surface area contributed by atoms with E-state index in [1.807, 2.05) is 20.8 Å². The van der Waals surface area contributed by atoms with E-state index in [0.29, 0.717) is 80.3 Å². The number of nitrogens with zero attached hydrogens (tertiary/aromatic N) is 4. The maximum absolute atomic E-state index is 15.0. The zero-order valence-corrected chi connectivity index (χ0v) is 50.7. The van der Waals surface area contributed by atoms with Crippen molar-refractivity contribution in [1.82, 2.24) is 35.6 Å². The normalized spacial score (nSPS) is 21.8. The van der Waals surface area contributed by atoms with Crippen LogP contribution in [0.25, 0.3) is 0 Å². The number of Topliss-reactive ketones (excluding diaryl/α,β-unsaturated/α-hetero) is 1. The molecule has 0 aromatic heterocycles. The second kappa shape index (κ2) is 34.0. The number of carbonyl (C=O) groups is 11. The molecule has 0 saturated carbocycles. The van der Waals surface area contributed by atoms with Gasteiger partial charge in [-0.2, -0.15) is 0 Å². The van der Waals surface area contributed by atoms with Crippen molar-refractivity contribution in [2.75, 3.05) is 65.3 Å². The van der Waals surface area contributed by atoms with Crippen LogP contribution in [0.2, 0.25) is 0 Å². The first-order chi connectivity index (χ1) is 41.0. The van der Waals surface area contributed by atoms with E-state index in [1.165, 1.54) is 53.8 Å². The lowest BCUT2D eigenvalue weighted by Gasteiger charge is -2.35. The summed E-state index contributed by atoms with van der Waals surface area (Å²) in [6, 6.07) is 16.5. The van der Waals surface area contributed by atoms with Crippen molar-refractivity contribution in [3.8, 4) is 0 Å². The number of aliphatic hydroxyl groups is 1. The minimum Gasteiger partial charge on any atom is -0.461 e. The summed E-state index contributed by atoms with van der Waals surface area (Å²) in [7, 11) is 3.19. The monoisotopic (exact) mass is 1190 g/mol. The van der Waals surface area contributed by atoms with Crippen LogP contribution >= 0.6 is 0 Å². The number of nitrogens with one attached hydrogen (secondary N) is 4. The number of aliphatic hydroxyl groups excluding tert-OH is 1. The number of likely N-dealkylation sites (N-methyl/N-ethyl adjacent to an activating group) is 2. The minimum absolute atomic E-state index is 0.00751. The van der Waals surface area contributed by atoms with Crippen molar-refractivity contribution < 1.29 is 67.3 Å². The Morgan fingerprint density at radius 2 is 1.51 bits per heavy atom. The zero-order valence-electron chi connectivity index (χ0n) is 50.7. The molecule has 2 heterocycles. The van der Waals surface area contributed by atoms with Crippen LogP contribution in [0.1, 0.15) is 138 Å². The summed E-state index contributed by atoms with van der Waals surface area (Å²) in [6.07, 6.45) is 6.74. The van der Waals surface area contributed by atoms with Crippen LogP contribution in [0.4, 0.5) is 5.69 Å². The Morgan fingerprint density at radius 1 is 0.802 bits per heavy atom. The predicted octanol–water partition coefficient (Wildman–Crippen LogP) is 4.98. The van der Waals surface area contributed by atoms with Gasteiger partial charge in [0.2, 0.25) is 41.2 Å². The number of ether oxygens (including phenoxy) is 2. The van der Waals surface area contributed by atoms with Gasteiger partial charge in [-0.3, -0.25) is 43.2 Å². The molecule has 2 bridgehead atoms. The maximum Gasteiger partial charge on any atom is 0.330 e. The number of carbonyl (C=O) groups excluding carboxylic acids is 11. The lowest BCUT2D eigenvalue weighted by Crippen LogP contribution is -2.56. The highest BCUT2D eigenvalue weighted by molar-refractivity contribution is 6.38. The largest absolute Gasteiger partial charge is 0.461 e. The number of rotatable bonds is 10. The van der Waals surface area contributed by atoms with Crippen LogP contribution in [0, 0.1) is 11.3 Å². The summed E-state index contributed by atoms with van der Waals surface area (Å²) in [5.41, 5.74) is 0.566. The molecule has 8 amide bonds. The number of benzene rings is 3. The van der Waals surface area contributed by atoms with E-state index in [9.17, 15) is 57.8 Å². The van der Waals surface area contributed by atoms with Crippen LogP contribution in [0.15, 0.2) is 91.0 Å². The van der Waals surface area contributed by atoms with Crippen molar-refractivity contribution in [2.45, 2.75) is 142 Å². The summed E-state index contributed by atoms with van der Waals surface area (Å²) in [5, 5.41) is 20.2. The average molecular weight is 1190 g/mol. The summed E-state index contributed by atoms with van der Waals surface area (Å²) in [6.45, 7) is 7.98. The van der Waals surface area contributed by atoms with Gasteiger partial charge in [0.05, 0.1) is 18.6 Å². The second-order valence-corrected chi connectivity index (χ2v) is 23.0. The van der Waals surface area contributed by atoms with Crippen molar-refractivity contribution >= 4 is 70.7 Å². The van der Waals surface area contributed by atoms with Crippen LogP contribution in [0.3, 0.4) is 0 Å². The fourth-order valence-corrected chi connectivity index (χ4v) is 9.99. The van der Waals surface area contributed by atoms with Gasteiger partial charge in [-0.15, -0.1) is 0 Å². The van der Waals surface area contributed by atoms with E-state index >= 15 is 0 Å². The summed E-state index contributed by atoms with van der Waals surface area (Å²) < 4.78 is 11.1. The fraction of sp³-hybridized carbons (Fsp3) is 0.516. The Balaban J connectivity index is 1.43. The molecule has 86 heavy (non-hydrogen) atoms. The molecule has 1 fully saturated rings. The molecule has 2 aliphatic rings. The van der Waals surface area contributed by atoms with E-state index in [4.69, 9.17) is 9.47 Å². The van der Waals surface area contributed by atoms with E-state index in [0.717, 1.165) is 0 Å². The molecule has 0 radical (unpaired) electrons. The Kier molecular flexibility index (Phi) is 27.1. The van der Waals surface area contributed by atoms with Crippen LogP contribution in [-0.4, -0.2) is 168 Å². The number of allylic oxidation sites excluding steroid dienone is 1. The molecule has 22 heteroatoms. The van der Waals surface area contributed by atoms with Gasteiger partial charge >= 0.3 is 11.9 Å². The maximum atomic E-state index is 15.0. The molecule has 466 valence electrons. The minimum atomic E-state index is -1.42. The highest BCUT2D eigenvalue weighted by Gasteiger charge is 2.42. The quantitative estimate of drug-likeness (QED) is 0.132. The van der Waals surface area contributed by atoms with Crippen molar-refractivity contribution in [3.05, 3.63) is 113 Å². The van der Waals surface area contributed by atoms with Gasteiger partial charge in [-0.05, 0) is 112 Å². The number of fused-ring (bicyclic) bond motifs is 3. The smallest absolute Gasteiger partial charge is 0.330 e. The molecule has 2 aliphatic heterocycles. The van der Waals surface area contributed by atoms with Gasteiger partial charge in [0.25, 0.3) is 11.8 Å². The Bertz CT molecular complexity index is 2880. The SMILES string of the molecule is CCCN1CC(=O)N(C)[C@@H](CC(C)C)C(=O)N(C)CCCCC/C=C/C(=O)OCC(C)(C)C(=O)C(=O)N2CCCC[C@H]2C(=O)OCc2cccc(c2)NC(=O)CCC(=O)N[C@@H](c2ccccc2)C(=O)N[C@@H](Cc2ccc(C(=O)NCCO)cc2)C1=O. The van der Waals surface area contributed by atoms with Gasteiger partial charge in [0, 0.05) is 76.9 Å².